The van der Waals surface area contributed by atoms with Crippen molar-refractivity contribution >= 4 is 11.8 Å². The van der Waals surface area contributed by atoms with Gasteiger partial charge in [0.05, 0.1) is 6.61 Å². The molecule has 0 bridgehead atoms. The molecule has 0 saturated heterocycles. The van der Waals surface area contributed by atoms with E-state index in [1.807, 2.05) is 6.08 Å². The van der Waals surface area contributed by atoms with E-state index in [0.29, 0.717) is 13.0 Å². The Bertz CT molecular complexity index is 281. The summed E-state index contributed by atoms with van der Waals surface area (Å²) in [6, 6.07) is 0. The second kappa shape index (κ2) is 8.04. The first-order chi connectivity index (χ1) is 8.22. The van der Waals surface area contributed by atoms with Crippen molar-refractivity contribution in [1.82, 2.24) is 0 Å². The van der Waals surface area contributed by atoms with Gasteiger partial charge in [0.25, 0.3) is 0 Å². The predicted molar refractivity (Wildman–Crippen MR) is 66.6 cm³/mol. The minimum atomic E-state index is -0.605. The number of ketones is 1. The molecule has 0 aromatic heterocycles. The standard InChI is InChI=1S/C14H22O3/c1-12(15)13-10-8-6-4-2-3-5-7-9-11-17-14(13)16/h6,8,13H,2-5,7,9-11H2,1H3/b8-6+. The molecule has 0 saturated carbocycles. The summed E-state index contributed by atoms with van der Waals surface area (Å²) in [5, 5.41) is 0. The van der Waals surface area contributed by atoms with Gasteiger partial charge in [-0.25, -0.2) is 0 Å². The highest BCUT2D eigenvalue weighted by molar-refractivity contribution is 5.97. The van der Waals surface area contributed by atoms with Gasteiger partial charge in [0.2, 0.25) is 0 Å². The molecule has 1 atom stereocenters. The molecule has 17 heavy (non-hydrogen) atoms. The van der Waals surface area contributed by atoms with Crippen molar-refractivity contribution in [2.75, 3.05) is 6.61 Å². The van der Waals surface area contributed by atoms with Crippen molar-refractivity contribution in [1.29, 1.82) is 0 Å². The third-order valence-corrected chi connectivity index (χ3v) is 3.07. The zero-order valence-electron chi connectivity index (χ0n) is 10.6. The average molecular weight is 238 g/mol. The summed E-state index contributed by atoms with van der Waals surface area (Å²) in [4.78, 5) is 23.0. The molecule has 0 spiro atoms. The molecule has 1 rings (SSSR count). The fourth-order valence-corrected chi connectivity index (χ4v) is 1.95. The Balaban J connectivity index is 2.55. The Morgan fingerprint density at radius 3 is 2.65 bits per heavy atom. The number of allylic oxidation sites excluding steroid dienone is 2. The van der Waals surface area contributed by atoms with Crippen LogP contribution in [0.4, 0.5) is 0 Å². The molecule has 1 unspecified atom stereocenters. The van der Waals surface area contributed by atoms with Crippen LogP contribution in [0.2, 0.25) is 0 Å². The molecule has 1 aliphatic heterocycles. The van der Waals surface area contributed by atoms with Gasteiger partial charge in [-0.15, -0.1) is 0 Å². The Morgan fingerprint density at radius 2 is 1.88 bits per heavy atom. The molecule has 96 valence electrons. The van der Waals surface area contributed by atoms with Gasteiger partial charge in [0.1, 0.15) is 11.7 Å². The van der Waals surface area contributed by atoms with E-state index in [1.54, 1.807) is 0 Å². The van der Waals surface area contributed by atoms with Crippen LogP contribution >= 0.6 is 0 Å². The Hall–Kier alpha value is -1.12. The average Bonchev–Trinajstić information content (AvgIpc) is 2.30. The highest BCUT2D eigenvalue weighted by Crippen LogP contribution is 2.12. The first-order valence-corrected chi connectivity index (χ1v) is 6.54. The number of ether oxygens (including phenoxy) is 1. The molecule has 0 aromatic carbocycles. The molecule has 0 aromatic rings. The molecule has 0 amide bonds. The molecular weight excluding hydrogens is 216 g/mol. The normalized spacial score (nSPS) is 25.9. The number of carbonyl (C=O) groups is 2. The number of hydrogen-bond acceptors (Lipinski definition) is 3. The third kappa shape index (κ3) is 5.66. The van der Waals surface area contributed by atoms with Gasteiger partial charge < -0.3 is 4.74 Å². The Kier molecular flexibility index (Phi) is 6.60. The fourth-order valence-electron chi connectivity index (χ4n) is 1.95. The second-order valence-corrected chi connectivity index (χ2v) is 4.59. The van der Waals surface area contributed by atoms with Crippen LogP contribution < -0.4 is 0 Å². The van der Waals surface area contributed by atoms with E-state index < -0.39 is 5.92 Å². The first-order valence-electron chi connectivity index (χ1n) is 6.54. The fraction of sp³-hybridized carbons (Fsp3) is 0.714. The summed E-state index contributed by atoms with van der Waals surface area (Å²) in [7, 11) is 0. The summed E-state index contributed by atoms with van der Waals surface area (Å²) in [6.07, 6.45) is 11.2. The monoisotopic (exact) mass is 238 g/mol. The molecular formula is C14H22O3. The number of rotatable bonds is 1. The molecule has 1 aliphatic rings. The summed E-state index contributed by atoms with van der Waals surface area (Å²) >= 11 is 0. The van der Waals surface area contributed by atoms with Crippen molar-refractivity contribution in [3.05, 3.63) is 12.2 Å². The van der Waals surface area contributed by atoms with E-state index in [2.05, 4.69) is 6.08 Å². The van der Waals surface area contributed by atoms with E-state index in [0.717, 1.165) is 19.3 Å². The third-order valence-electron chi connectivity index (χ3n) is 3.07. The lowest BCUT2D eigenvalue weighted by Crippen LogP contribution is -2.24. The second-order valence-electron chi connectivity index (χ2n) is 4.59. The minimum Gasteiger partial charge on any atom is -0.465 e. The van der Waals surface area contributed by atoms with Crippen molar-refractivity contribution in [2.24, 2.45) is 5.92 Å². The van der Waals surface area contributed by atoms with Crippen LogP contribution in [0.25, 0.3) is 0 Å². The molecule has 3 heteroatoms. The predicted octanol–water partition coefficient (Wildman–Crippen LogP) is 3.04. The quantitative estimate of drug-likeness (QED) is 0.400. The first kappa shape index (κ1) is 13.9. The van der Waals surface area contributed by atoms with Gasteiger partial charge >= 0.3 is 5.97 Å². The van der Waals surface area contributed by atoms with Gasteiger partial charge in [-0.05, 0) is 32.6 Å². The Labute approximate surface area is 103 Å². The Morgan fingerprint density at radius 1 is 1.18 bits per heavy atom. The van der Waals surface area contributed by atoms with E-state index in [1.165, 1.54) is 26.2 Å². The van der Waals surface area contributed by atoms with Gasteiger partial charge in [-0.1, -0.05) is 31.4 Å². The van der Waals surface area contributed by atoms with Crippen LogP contribution in [0.3, 0.4) is 0 Å². The van der Waals surface area contributed by atoms with Crippen molar-refractivity contribution < 1.29 is 14.3 Å². The lowest BCUT2D eigenvalue weighted by molar-refractivity contribution is -0.151. The number of esters is 1. The van der Waals surface area contributed by atoms with Gasteiger partial charge in [-0.2, -0.15) is 0 Å². The maximum Gasteiger partial charge on any atom is 0.316 e. The van der Waals surface area contributed by atoms with Gasteiger partial charge in [0, 0.05) is 0 Å². The van der Waals surface area contributed by atoms with Gasteiger partial charge in [-0.3, -0.25) is 9.59 Å². The van der Waals surface area contributed by atoms with Crippen molar-refractivity contribution in [2.45, 2.75) is 51.9 Å². The molecule has 0 fully saturated rings. The molecule has 0 radical (unpaired) electrons. The lowest BCUT2D eigenvalue weighted by Gasteiger charge is -2.11. The maximum absolute atomic E-state index is 11.7. The smallest absolute Gasteiger partial charge is 0.316 e. The van der Waals surface area contributed by atoms with Crippen LogP contribution in [0.15, 0.2) is 12.2 Å². The van der Waals surface area contributed by atoms with E-state index >= 15 is 0 Å². The molecule has 0 aliphatic carbocycles. The molecule has 1 heterocycles. The zero-order chi connectivity index (χ0) is 12.5. The summed E-state index contributed by atoms with van der Waals surface area (Å²) in [5.41, 5.74) is 0. The molecule has 0 N–H and O–H groups in total. The van der Waals surface area contributed by atoms with Gasteiger partial charge in [0.15, 0.2) is 0 Å². The SMILES string of the molecule is CC(=O)C1C/C=C/CCCCCCCOC1=O. The van der Waals surface area contributed by atoms with Crippen molar-refractivity contribution in [3.63, 3.8) is 0 Å². The minimum absolute atomic E-state index is 0.102. The number of cyclic esters (lactones) is 1. The largest absolute Gasteiger partial charge is 0.465 e. The summed E-state index contributed by atoms with van der Waals surface area (Å²) < 4.78 is 5.14. The van der Waals surface area contributed by atoms with Crippen LogP contribution in [-0.4, -0.2) is 18.4 Å². The lowest BCUT2D eigenvalue weighted by atomic mass is 10.0. The zero-order valence-corrected chi connectivity index (χ0v) is 10.6. The maximum atomic E-state index is 11.7. The van der Waals surface area contributed by atoms with Crippen LogP contribution in [0.5, 0.6) is 0 Å². The summed E-state index contributed by atoms with van der Waals surface area (Å²) in [5.74, 6) is -1.07. The number of Topliss-reactive ketones (excluding diaryl/α,β-unsaturated/α-hetero) is 1. The van der Waals surface area contributed by atoms with Crippen molar-refractivity contribution in [3.8, 4) is 0 Å². The summed E-state index contributed by atoms with van der Waals surface area (Å²) in [6.45, 7) is 1.91. The van der Waals surface area contributed by atoms with E-state index in [9.17, 15) is 9.59 Å². The number of hydrogen-bond donors (Lipinski definition) is 0. The van der Waals surface area contributed by atoms with Crippen LogP contribution in [0, 0.1) is 5.92 Å². The molecule has 3 nitrogen and oxygen atoms in total. The van der Waals surface area contributed by atoms with E-state index in [4.69, 9.17) is 4.74 Å². The number of carbonyl (C=O) groups excluding carboxylic acids is 2. The van der Waals surface area contributed by atoms with E-state index in [-0.39, 0.29) is 11.8 Å². The van der Waals surface area contributed by atoms with Crippen LogP contribution in [0.1, 0.15) is 51.9 Å². The van der Waals surface area contributed by atoms with Crippen LogP contribution in [-0.2, 0) is 14.3 Å². The topological polar surface area (TPSA) is 43.4 Å². The highest BCUT2D eigenvalue weighted by atomic mass is 16.5. The highest BCUT2D eigenvalue weighted by Gasteiger charge is 2.23.